The van der Waals surface area contributed by atoms with Crippen molar-refractivity contribution in [1.29, 1.82) is 0 Å². The zero-order valence-electron chi connectivity index (χ0n) is 18.1. The molecule has 31 heavy (non-hydrogen) atoms. The molecule has 0 radical (unpaired) electrons. The minimum atomic E-state index is -0.527. The Morgan fingerprint density at radius 3 is 2.74 bits per heavy atom. The van der Waals surface area contributed by atoms with E-state index in [0.29, 0.717) is 37.7 Å². The van der Waals surface area contributed by atoms with Gasteiger partial charge >= 0.3 is 0 Å². The van der Waals surface area contributed by atoms with Gasteiger partial charge in [0, 0.05) is 32.3 Å². The summed E-state index contributed by atoms with van der Waals surface area (Å²) in [6, 6.07) is 3.72. The van der Waals surface area contributed by atoms with Crippen LogP contribution in [0.3, 0.4) is 0 Å². The molecular formula is C23H31ClFN3O3. The van der Waals surface area contributed by atoms with E-state index in [1.165, 1.54) is 18.2 Å². The van der Waals surface area contributed by atoms with Crippen LogP contribution in [-0.2, 0) is 9.59 Å². The molecule has 2 saturated heterocycles. The molecule has 1 aromatic rings. The Kier molecular flexibility index (Phi) is 8.08. The van der Waals surface area contributed by atoms with Crippen molar-refractivity contribution in [2.75, 3.05) is 39.3 Å². The van der Waals surface area contributed by atoms with Crippen molar-refractivity contribution in [2.45, 2.75) is 38.8 Å². The maximum absolute atomic E-state index is 13.3. The molecule has 2 aliphatic heterocycles. The van der Waals surface area contributed by atoms with Gasteiger partial charge in [-0.15, -0.1) is 0 Å². The van der Waals surface area contributed by atoms with E-state index < -0.39 is 11.9 Å². The first-order chi connectivity index (χ1) is 14.8. The molecule has 0 aliphatic carbocycles. The Morgan fingerprint density at radius 1 is 1.26 bits per heavy atom. The number of aliphatic hydroxyl groups excluding tert-OH is 1. The summed E-state index contributed by atoms with van der Waals surface area (Å²) in [7, 11) is 0. The minimum absolute atomic E-state index is 0.000309. The number of β-amino-alcohol motifs (C(OH)–C–C–N with tert-alkyl or cyclic N) is 1. The van der Waals surface area contributed by atoms with Crippen molar-refractivity contribution >= 4 is 29.5 Å². The number of aliphatic hydroxyl groups is 1. The van der Waals surface area contributed by atoms with Crippen LogP contribution in [-0.4, -0.2) is 83.0 Å². The van der Waals surface area contributed by atoms with Crippen LogP contribution in [0, 0.1) is 11.7 Å². The molecular weight excluding hydrogens is 421 g/mol. The fraction of sp³-hybridized carbons (Fsp3) is 0.565. The van der Waals surface area contributed by atoms with Gasteiger partial charge in [-0.25, -0.2) is 4.39 Å². The second kappa shape index (κ2) is 10.6. The summed E-state index contributed by atoms with van der Waals surface area (Å²) in [5.74, 6) is -0.465. The maximum atomic E-state index is 13.3. The molecule has 0 spiro atoms. The van der Waals surface area contributed by atoms with E-state index in [9.17, 15) is 19.1 Å². The number of nitrogens with zero attached hydrogens (tertiary/aromatic N) is 3. The van der Waals surface area contributed by atoms with Gasteiger partial charge in [-0.3, -0.25) is 9.59 Å². The molecule has 2 amide bonds. The predicted molar refractivity (Wildman–Crippen MR) is 119 cm³/mol. The summed E-state index contributed by atoms with van der Waals surface area (Å²) in [6.07, 6.45) is 4.54. The largest absolute Gasteiger partial charge is 0.392 e. The zero-order chi connectivity index (χ0) is 22.5. The van der Waals surface area contributed by atoms with Gasteiger partial charge in [-0.05, 0) is 62.5 Å². The number of piperazine rings is 1. The van der Waals surface area contributed by atoms with Gasteiger partial charge in [0.05, 0.1) is 11.1 Å². The van der Waals surface area contributed by atoms with Gasteiger partial charge in [-0.1, -0.05) is 24.6 Å². The highest BCUT2D eigenvalue weighted by Gasteiger charge is 2.33. The average Bonchev–Trinajstić information content (AvgIpc) is 2.74. The summed E-state index contributed by atoms with van der Waals surface area (Å²) < 4.78 is 13.3. The van der Waals surface area contributed by atoms with Crippen LogP contribution in [0.15, 0.2) is 24.3 Å². The van der Waals surface area contributed by atoms with E-state index in [2.05, 4.69) is 11.8 Å². The van der Waals surface area contributed by atoms with Crippen LogP contribution in [0.25, 0.3) is 6.08 Å². The van der Waals surface area contributed by atoms with Crippen LogP contribution in [0.1, 0.15) is 32.3 Å². The van der Waals surface area contributed by atoms with E-state index in [-0.39, 0.29) is 22.9 Å². The second-order valence-electron chi connectivity index (χ2n) is 8.53. The monoisotopic (exact) mass is 451 g/mol. The number of halogens is 2. The molecule has 170 valence electrons. The van der Waals surface area contributed by atoms with Crippen molar-refractivity contribution in [3.05, 3.63) is 40.7 Å². The second-order valence-corrected chi connectivity index (χ2v) is 8.93. The van der Waals surface area contributed by atoms with Crippen molar-refractivity contribution in [3.63, 3.8) is 0 Å². The van der Waals surface area contributed by atoms with Crippen molar-refractivity contribution in [2.24, 2.45) is 5.92 Å². The fourth-order valence-electron chi connectivity index (χ4n) is 4.13. The van der Waals surface area contributed by atoms with Crippen LogP contribution in [0.5, 0.6) is 0 Å². The molecule has 1 N–H and O–H groups in total. The third-order valence-corrected chi connectivity index (χ3v) is 6.59. The average molecular weight is 452 g/mol. The van der Waals surface area contributed by atoms with E-state index >= 15 is 0 Å². The molecule has 1 aromatic carbocycles. The standard InChI is InChI=1S/C23H31ClFN3O3/c1-16-8-11-26(15-21(16)29)9-3-10-27-12-13-28(17(2)23(27)31)22(30)7-5-18-4-6-20(25)19(24)14-18/h4-7,14,16-17,21,29H,3,8-13,15H2,1-2H3/t16-,17?,21+/m0/s1. The lowest BCUT2D eigenvalue weighted by atomic mass is 9.96. The topological polar surface area (TPSA) is 64.1 Å². The number of carbonyl (C=O) groups excluding carboxylic acids is 2. The third-order valence-electron chi connectivity index (χ3n) is 6.30. The summed E-state index contributed by atoms with van der Waals surface area (Å²) in [5, 5.41) is 10.0. The van der Waals surface area contributed by atoms with Gasteiger partial charge in [-0.2, -0.15) is 0 Å². The predicted octanol–water partition coefficient (Wildman–Crippen LogP) is 2.64. The number of amides is 2. The number of hydrogen-bond donors (Lipinski definition) is 1. The first-order valence-corrected chi connectivity index (χ1v) is 11.3. The lowest BCUT2D eigenvalue weighted by Crippen LogP contribution is -2.57. The van der Waals surface area contributed by atoms with Crippen LogP contribution < -0.4 is 0 Å². The molecule has 0 aromatic heterocycles. The molecule has 0 bridgehead atoms. The molecule has 2 fully saturated rings. The Labute approximate surface area is 188 Å². The maximum Gasteiger partial charge on any atom is 0.247 e. The number of benzene rings is 1. The van der Waals surface area contributed by atoms with Crippen LogP contribution in [0.2, 0.25) is 5.02 Å². The smallest absolute Gasteiger partial charge is 0.247 e. The highest BCUT2D eigenvalue weighted by Crippen LogP contribution is 2.19. The molecule has 3 rings (SSSR count). The van der Waals surface area contributed by atoms with Gasteiger partial charge < -0.3 is 19.8 Å². The molecule has 0 saturated carbocycles. The summed E-state index contributed by atoms with van der Waals surface area (Å²) >= 11 is 5.77. The van der Waals surface area contributed by atoms with Gasteiger partial charge in [0.2, 0.25) is 11.8 Å². The number of likely N-dealkylation sites (tertiary alicyclic amines) is 1. The number of hydrogen-bond acceptors (Lipinski definition) is 4. The Hall–Kier alpha value is -1.96. The van der Waals surface area contributed by atoms with Crippen molar-refractivity contribution in [1.82, 2.24) is 14.7 Å². The minimum Gasteiger partial charge on any atom is -0.392 e. The molecule has 8 heteroatoms. The van der Waals surface area contributed by atoms with Gasteiger partial charge in [0.25, 0.3) is 0 Å². The van der Waals surface area contributed by atoms with Gasteiger partial charge in [0.15, 0.2) is 0 Å². The van der Waals surface area contributed by atoms with E-state index in [1.54, 1.807) is 24.0 Å². The van der Waals surface area contributed by atoms with E-state index in [4.69, 9.17) is 11.6 Å². The highest BCUT2D eigenvalue weighted by atomic mass is 35.5. The summed E-state index contributed by atoms with van der Waals surface area (Å²) in [6.45, 7) is 7.98. The molecule has 3 atom stereocenters. The first kappa shape index (κ1) is 23.7. The fourth-order valence-corrected chi connectivity index (χ4v) is 4.32. The molecule has 2 aliphatic rings. The van der Waals surface area contributed by atoms with Gasteiger partial charge in [0.1, 0.15) is 11.9 Å². The molecule has 6 nitrogen and oxygen atoms in total. The quantitative estimate of drug-likeness (QED) is 0.675. The first-order valence-electron chi connectivity index (χ1n) is 10.9. The normalized spacial score (nSPS) is 25.5. The van der Waals surface area contributed by atoms with Crippen molar-refractivity contribution < 1.29 is 19.1 Å². The van der Waals surface area contributed by atoms with E-state index in [0.717, 1.165) is 25.9 Å². The van der Waals surface area contributed by atoms with Crippen molar-refractivity contribution in [3.8, 4) is 0 Å². The third kappa shape index (κ3) is 6.05. The molecule has 2 heterocycles. The Bertz CT molecular complexity index is 834. The lowest BCUT2D eigenvalue weighted by molar-refractivity contribution is -0.148. The van der Waals surface area contributed by atoms with Crippen LogP contribution >= 0.6 is 11.6 Å². The molecule has 1 unspecified atom stereocenters. The Morgan fingerprint density at radius 2 is 2.03 bits per heavy atom. The zero-order valence-corrected chi connectivity index (χ0v) is 18.9. The highest BCUT2D eigenvalue weighted by molar-refractivity contribution is 6.30. The summed E-state index contributed by atoms with van der Waals surface area (Å²) in [4.78, 5) is 31.0. The number of carbonyl (C=O) groups is 2. The SMILES string of the molecule is CC1C(=O)N(CCCN2CC[C@H](C)[C@H](O)C2)CCN1C(=O)C=Cc1ccc(F)c(Cl)c1. The van der Waals surface area contributed by atoms with Crippen LogP contribution in [0.4, 0.5) is 4.39 Å². The lowest BCUT2D eigenvalue weighted by Gasteiger charge is -2.39. The number of piperidine rings is 1. The number of rotatable bonds is 6. The Balaban J connectivity index is 1.47. The van der Waals surface area contributed by atoms with E-state index in [1.807, 2.05) is 4.90 Å². The summed E-state index contributed by atoms with van der Waals surface area (Å²) in [5.41, 5.74) is 0.620.